The van der Waals surface area contributed by atoms with Crippen LogP contribution in [0, 0.1) is 0 Å². The van der Waals surface area contributed by atoms with Gasteiger partial charge in [0.25, 0.3) is 0 Å². The Morgan fingerprint density at radius 3 is 2.79 bits per heavy atom. The zero-order valence-electron chi connectivity index (χ0n) is 7.79. The van der Waals surface area contributed by atoms with Crippen molar-refractivity contribution < 1.29 is 14.6 Å². The lowest BCUT2D eigenvalue weighted by Gasteiger charge is -2.06. The Hall–Kier alpha value is -1.03. The highest BCUT2D eigenvalue weighted by molar-refractivity contribution is 9.10. The van der Waals surface area contributed by atoms with E-state index in [0.717, 1.165) is 10.9 Å². The molecule has 4 heteroatoms. The van der Waals surface area contributed by atoms with E-state index >= 15 is 0 Å². The second-order valence-electron chi connectivity index (χ2n) is 2.80. The minimum atomic E-state index is -0.975. The maximum atomic E-state index is 10.3. The van der Waals surface area contributed by atoms with E-state index in [1.165, 1.54) is 5.56 Å². The maximum absolute atomic E-state index is 10.3. The fourth-order valence-electron chi connectivity index (χ4n) is 1.02. The van der Waals surface area contributed by atoms with E-state index in [-0.39, 0.29) is 6.61 Å². The van der Waals surface area contributed by atoms with E-state index in [9.17, 15) is 4.79 Å². The molecular formula is C10H11BrO3. The molecule has 0 radical (unpaired) electrons. The van der Waals surface area contributed by atoms with E-state index < -0.39 is 5.97 Å². The molecule has 0 unspecified atom stereocenters. The quantitative estimate of drug-likeness (QED) is 0.903. The first-order valence-electron chi connectivity index (χ1n) is 4.26. The molecule has 0 bridgehead atoms. The SMILES string of the molecule is CCc1ccc(OCC(=O)O)c(Br)c1. The highest BCUT2D eigenvalue weighted by Gasteiger charge is 2.04. The molecule has 76 valence electrons. The summed E-state index contributed by atoms with van der Waals surface area (Å²) >= 11 is 3.32. The highest BCUT2D eigenvalue weighted by Crippen LogP contribution is 2.26. The monoisotopic (exact) mass is 258 g/mol. The van der Waals surface area contributed by atoms with Gasteiger partial charge >= 0.3 is 5.97 Å². The van der Waals surface area contributed by atoms with Crippen LogP contribution in [0.2, 0.25) is 0 Å². The van der Waals surface area contributed by atoms with Crippen molar-refractivity contribution >= 4 is 21.9 Å². The number of hydrogen-bond acceptors (Lipinski definition) is 2. The summed E-state index contributed by atoms with van der Waals surface area (Å²) in [5, 5.41) is 8.43. The molecule has 1 rings (SSSR count). The lowest BCUT2D eigenvalue weighted by Crippen LogP contribution is -2.09. The lowest BCUT2D eigenvalue weighted by molar-refractivity contribution is -0.139. The van der Waals surface area contributed by atoms with Crippen LogP contribution in [0.5, 0.6) is 5.75 Å². The molecule has 0 spiro atoms. The lowest BCUT2D eigenvalue weighted by atomic mass is 10.2. The molecule has 0 aliphatic heterocycles. The molecule has 0 aliphatic carbocycles. The third kappa shape index (κ3) is 3.03. The summed E-state index contributed by atoms with van der Waals surface area (Å²) in [4.78, 5) is 10.3. The molecule has 1 N–H and O–H groups in total. The number of hydrogen-bond donors (Lipinski definition) is 1. The number of carbonyl (C=O) groups is 1. The van der Waals surface area contributed by atoms with Crippen LogP contribution in [0.25, 0.3) is 0 Å². The number of halogens is 1. The van der Waals surface area contributed by atoms with Crippen LogP contribution in [0.4, 0.5) is 0 Å². The van der Waals surface area contributed by atoms with Gasteiger partial charge in [-0.25, -0.2) is 4.79 Å². The van der Waals surface area contributed by atoms with Crippen LogP contribution in [0.3, 0.4) is 0 Å². The molecule has 0 amide bonds. The predicted molar refractivity (Wildman–Crippen MR) is 56.7 cm³/mol. The molecule has 0 fully saturated rings. The summed E-state index contributed by atoms with van der Waals surface area (Å²) in [5.41, 5.74) is 1.18. The number of carboxylic acids is 1. The van der Waals surface area contributed by atoms with Gasteiger partial charge in [-0.2, -0.15) is 0 Å². The Morgan fingerprint density at radius 1 is 1.57 bits per heavy atom. The number of aryl methyl sites for hydroxylation is 1. The molecule has 0 heterocycles. The van der Waals surface area contributed by atoms with Crippen LogP contribution in [-0.4, -0.2) is 17.7 Å². The second-order valence-corrected chi connectivity index (χ2v) is 3.66. The third-order valence-corrected chi connectivity index (χ3v) is 2.38. The summed E-state index contributed by atoms with van der Waals surface area (Å²) in [6.07, 6.45) is 0.942. The van der Waals surface area contributed by atoms with Gasteiger partial charge in [-0.3, -0.25) is 0 Å². The Bertz CT molecular complexity index is 336. The Morgan fingerprint density at radius 2 is 2.29 bits per heavy atom. The van der Waals surface area contributed by atoms with Crippen LogP contribution in [-0.2, 0) is 11.2 Å². The smallest absolute Gasteiger partial charge is 0.341 e. The molecule has 0 saturated carbocycles. The first-order valence-corrected chi connectivity index (χ1v) is 5.05. The van der Waals surface area contributed by atoms with E-state index in [4.69, 9.17) is 9.84 Å². The number of aliphatic carboxylic acids is 1. The Balaban J connectivity index is 2.73. The van der Waals surface area contributed by atoms with Crippen molar-refractivity contribution in [3.63, 3.8) is 0 Å². The molecule has 1 aromatic rings. The van der Waals surface area contributed by atoms with Gasteiger partial charge in [-0.15, -0.1) is 0 Å². The first-order chi connectivity index (χ1) is 6.63. The number of rotatable bonds is 4. The molecular weight excluding hydrogens is 248 g/mol. The standard InChI is InChI=1S/C10H11BrO3/c1-2-7-3-4-9(8(11)5-7)14-6-10(12)13/h3-5H,2,6H2,1H3,(H,12,13). The van der Waals surface area contributed by atoms with Gasteiger partial charge in [0.05, 0.1) is 4.47 Å². The van der Waals surface area contributed by atoms with Crippen molar-refractivity contribution in [2.24, 2.45) is 0 Å². The molecule has 1 aromatic carbocycles. The van der Waals surface area contributed by atoms with Crippen LogP contribution in [0.15, 0.2) is 22.7 Å². The van der Waals surface area contributed by atoms with Gasteiger partial charge in [0.15, 0.2) is 6.61 Å². The summed E-state index contributed by atoms with van der Waals surface area (Å²) in [6, 6.07) is 5.62. The number of ether oxygens (including phenoxy) is 1. The molecule has 3 nitrogen and oxygen atoms in total. The third-order valence-electron chi connectivity index (χ3n) is 1.76. The van der Waals surface area contributed by atoms with Gasteiger partial charge < -0.3 is 9.84 Å². The minimum Gasteiger partial charge on any atom is -0.481 e. The van der Waals surface area contributed by atoms with E-state index in [1.54, 1.807) is 6.07 Å². The zero-order valence-corrected chi connectivity index (χ0v) is 9.37. The normalized spacial score (nSPS) is 9.86. The van der Waals surface area contributed by atoms with Gasteiger partial charge in [0, 0.05) is 0 Å². The van der Waals surface area contributed by atoms with Gasteiger partial charge in [0.1, 0.15) is 5.75 Å². The van der Waals surface area contributed by atoms with Crippen molar-refractivity contribution in [2.75, 3.05) is 6.61 Å². The van der Waals surface area contributed by atoms with E-state index in [1.807, 2.05) is 12.1 Å². The summed E-state index contributed by atoms with van der Waals surface area (Å²) < 4.78 is 5.84. The average Bonchev–Trinajstić information content (AvgIpc) is 2.15. The average molecular weight is 259 g/mol. The van der Waals surface area contributed by atoms with Gasteiger partial charge in [-0.1, -0.05) is 13.0 Å². The van der Waals surface area contributed by atoms with Crippen molar-refractivity contribution in [2.45, 2.75) is 13.3 Å². The largest absolute Gasteiger partial charge is 0.481 e. The molecule has 0 aromatic heterocycles. The van der Waals surface area contributed by atoms with Crippen LogP contribution in [0.1, 0.15) is 12.5 Å². The van der Waals surface area contributed by atoms with Crippen molar-refractivity contribution in [3.8, 4) is 5.75 Å². The van der Waals surface area contributed by atoms with Gasteiger partial charge in [-0.05, 0) is 40.0 Å². The first kappa shape index (κ1) is 11.0. The summed E-state index contributed by atoms with van der Waals surface area (Å²) in [7, 11) is 0. The summed E-state index contributed by atoms with van der Waals surface area (Å²) in [6.45, 7) is 1.74. The molecule has 0 saturated heterocycles. The Labute approximate surface area is 90.8 Å². The second kappa shape index (κ2) is 5.00. The van der Waals surface area contributed by atoms with Crippen LogP contribution >= 0.6 is 15.9 Å². The number of benzene rings is 1. The van der Waals surface area contributed by atoms with Crippen molar-refractivity contribution in [1.29, 1.82) is 0 Å². The predicted octanol–water partition coefficient (Wildman–Crippen LogP) is 2.47. The topological polar surface area (TPSA) is 46.5 Å². The van der Waals surface area contributed by atoms with Gasteiger partial charge in [0.2, 0.25) is 0 Å². The number of carboxylic acid groups (broad SMARTS) is 1. The zero-order chi connectivity index (χ0) is 10.6. The summed E-state index contributed by atoms with van der Waals surface area (Å²) in [5.74, 6) is -0.416. The molecule has 0 atom stereocenters. The maximum Gasteiger partial charge on any atom is 0.341 e. The molecule has 14 heavy (non-hydrogen) atoms. The van der Waals surface area contributed by atoms with E-state index in [0.29, 0.717) is 5.75 Å². The highest BCUT2D eigenvalue weighted by atomic mass is 79.9. The van der Waals surface area contributed by atoms with Crippen molar-refractivity contribution in [1.82, 2.24) is 0 Å². The fourth-order valence-corrected chi connectivity index (χ4v) is 1.56. The van der Waals surface area contributed by atoms with Crippen molar-refractivity contribution in [3.05, 3.63) is 28.2 Å². The minimum absolute atomic E-state index is 0.315. The molecule has 0 aliphatic rings. The van der Waals surface area contributed by atoms with E-state index in [2.05, 4.69) is 22.9 Å². The fraction of sp³-hybridized carbons (Fsp3) is 0.300. The van der Waals surface area contributed by atoms with Crippen LogP contribution < -0.4 is 4.74 Å². The Kier molecular flexibility index (Phi) is 3.95.